The maximum Gasteiger partial charge on any atom is 0.0433 e. The van der Waals surface area contributed by atoms with Crippen LogP contribution in [0.1, 0.15) is 64.7 Å². The SMILES string of the molecule is CCCCCC1CCCN(N2CCC(CCO)CC2)C1. The molecule has 2 heterocycles. The van der Waals surface area contributed by atoms with Gasteiger partial charge in [-0.1, -0.05) is 26.2 Å². The fourth-order valence-corrected chi connectivity index (χ4v) is 3.89. The fourth-order valence-electron chi connectivity index (χ4n) is 3.89. The van der Waals surface area contributed by atoms with Crippen molar-refractivity contribution in [3.63, 3.8) is 0 Å². The number of rotatable bonds is 7. The Morgan fingerprint density at radius 3 is 2.40 bits per heavy atom. The van der Waals surface area contributed by atoms with Crippen molar-refractivity contribution in [3.05, 3.63) is 0 Å². The summed E-state index contributed by atoms with van der Waals surface area (Å²) in [5, 5.41) is 14.3. The molecule has 0 aliphatic carbocycles. The Labute approximate surface area is 125 Å². The van der Waals surface area contributed by atoms with E-state index in [2.05, 4.69) is 16.9 Å². The number of hydrazine groups is 1. The maximum absolute atomic E-state index is 9.05. The number of piperidine rings is 2. The molecule has 0 amide bonds. The molecule has 0 aromatic heterocycles. The van der Waals surface area contributed by atoms with Gasteiger partial charge in [0.2, 0.25) is 0 Å². The summed E-state index contributed by atoms with van der Waals surface area (Å²) < 4.78 is 0. The molecule has 2 aliphatic rings. The summed E-state index contributed by atoms with van der Waals surface area (Å²) in [6.45, 7) is 7.67. The van der Waals surface area contributed by atoms with Crippen LogP contribution in [0.4, 0.5) is 0 Å². The molecular weight excluding hydrogens is 248 g/mol. The van der Waals surface area contributed by atoms with Crippen molar-refractivity contribution in [1.82, 2.24) is 10.0 Å². The van der Waals surface area contributed by atoms with Gasteiger partial charge in [0, 0.05) is 32.8 Å². The van der Waals surface area contributed by atoms with Crippen molar-refractivity contribution in [2.24, 2.45) is 11.8 Å². The molecule has 0 saturated carbocycles. The van der Waals surface area contributed by atoms with Crippen LogP contribution in [0.5, 0.6) is 0 Å². The summed E-state index contributed by atoms with van der Waals surface area (Å²) in [7, 11) is 0. The van der Waals surface area contributed by atoms with E-state index < -0.39 is 0 Å². The third-order valence-electron chi connectivity index (χ3n) is 5.24. The Hall–Kier alpha value is -0.120. The minimum Gasteiger partial charge on any atom is -0.396 e. The van der Waals surface area contributed by atoms with Gasteiger partial charge in [-0.2, -0.15) is 0 Å². The van der Waals surface area contributed by atoms with Gasteiger partial charge in [0.25, 0.3) is 0 Å². The van der Waals surface area contributed by atoms with E-state index in [1.807, 2.05) is 0 Å². The quantitative estimate of drug-likeness (QED) is 0.726. The van der Waals surface area contributed by atoms with Gasteiger partial charge in [-0.3, -0.25) is 0 Å². The van der Waals surface area contributed by atoms with Gasteiger partial charge in [0.15, 0.2) is 0 Å². The van der Waals surface area contributed by atoms with E-state index in [1.165, 1.54) is 77.5 Å². The van der Waals surface area contributed by atoms with Crippen LogP contribution in [-0.2, 0) is 0 Å². The molecule has 1 unspecified atom stereocenters. The third-order valence-corrected chi connectivity index (χ3v) is 5.24. The topological polar surface area (TPSA) is 26.7 Å². The zero-order chi connectivity index (χ0) is 14.2. The Kier molecular flexibility index (Phi) is 7.32. The van der Waals surface area contributed by atoms with Crippen molar-refractivity contribution in [2.75, 3.05) is 32.8 Å². The van der Waals surface area contributed by atoms with Crippen molar-refractivity contribution >= 4 is 0 Å². The zero-order valence-electron chi connectivity index (χ0n) is 13.4. The molecular formula is C17H34N2O. The summed E-state index contributed by atoms with van der Waals surface area (Å²) >= 11 is 0. The lowest BCUT2D eigenvalue weighted by Gasteiger charge is -2.43. The summed E-state index contributed by atoms with van der Waals surface area (Å²) in [5.74, 6) is 1.70. The van der Waals surface area contributed by atoms with Gasteiger partial charge in [0.05, 0.1) is 0 Å². The molecule has 0 spiro atoms. The van der Waals surface area contributed by atoms with E-state index in [1.54, 1.807) is 0 Å². The summed E-state index contributed by atoms with van der Waals surface area (Å²) in [5.41, 5.74) is 0. The number of aliphatic hydroxyl groups is 1. The highest BCUT2D eigenvalue weighted by Gasteiger charge is 2.27. The van der Waals surface area contributed by atoms with Crippen molar-refractivity contribution in [2.45, 2.75) is 64.7 Å². The molecule has 0 bridgehead atoms. The first-order chi connectivity index (χ1) is 9.83. The average Bonchev–Trinajstić information content (AvgIpc) is 2.49. The highest BCUT2D eigenvalue weighted by molar-refractivity contribution is 4.76. The van der Waals surface area contributed by atoms with E-state index in [4.69, 9.17) is 5.11 Å². The minimum absolute atomic E-state index is 0.369. The van der Waals surface area contributed by atoms with Crippen LogP contribution in [0.25, 0.3) is 0 Å². The number of aliphatic hydroxyl groups excluding tert-OH is 1. The first-order valence-electron chi connectivity index (χ1n) is 8.94. The second kappa shape index (κ2) is 9.01. The van der Waals surface area contributed by atoms with Crippen LogP contribution in [0.3, 0.4) is 0 Å². The van der Waals surface area contributed by atoms with Gasteiger partial charge in [-0.15, -0.1) is 0 Å². The normalized spacial score (nSPS) is 27.0. The second-order valence-electron chi connectivity index (χ2n) is 6.83. The lowest BCUT2D eigenvalue weighted by atomic mass is 9.92. The number of hydrogen-bond acceptors (Lipinski definition) is 3. The molecule has 2 rings (SSSR count). The van der Waals surface area contributed by atoms with Gasteiger partial charge in [-0.05, 0) is 50.4 Å². The van der Waals surface area contributed by atoms with Gasteiger partial charge >= 0.3 is 0 Å². The third kappa shape index (κ3) is 5.01. The standard InChI is InChI=1S/C17H34N2O/c1-2-3-4-6-17-7-5-11-19(15-17)18-12-8-16(9-13-18)10-14-20/h16-17,20H,2-15H2,1H3. The Morgan fingerprint density at radius 1 is 0.900 bits per heavy atom. The summed E-state index contributed by atoms with van der Waals surface area (Å²) in [4.78, 5) is 0. The molecule has 20 heavy (non-hydrogen) atoms. The zero-order valence-corrected chi connectivity index (χ0v) is 13.4. The predicted octanol–water partition coefficient (Wildman–Crippen LogP) is 3.29. The first kappa shape index (κ1) is 16.3. The largest absolute Gasteiger partial charge is 0.396 e. The first-order valence-corrected chi connectivity index (χ1v) is 8.94. The van der Waals surface area contributed by atoms with Gasteiger partial charge in [-0.25, -0.2) is 10.0 Å². The molecule has 0 aromatic rings. The van der Waals surface area contributed by atoms with Crippen molar-refractivity contribution < 1.29 is 5.11 Å². The van der Waals surface area contributed by atoms with E-state index in [9.17, 15) is 0 Å². The van der Waals surface area contributed by atoms with Crippen LogP contribution in [-0.4, -0.2) is 47.9 Å². The molecule has 0 radical (unpaired) electrons. The van der Waals surface area contributed by atoms with E-state index in [0.29, 0.717) is 6.61 Å². The molecule has 1 atom stereocenters. The number of unbranched alkanes of at least 4 members (excludes halogenated alkanes) is 2. The molecule has 118 valence electrons. The number of nitrogens with zero attached hydrogens (tertiary/aromatic N) is 2. The molecule has 2 aliphatic heterocycles. The van der Waals surface area contributed by atoms with Crippen LogP contribution in [0.2, 0.25) is 0 Å². The fraction of sp³-hybridized carbons (Fsp3) is 1.00. The Bertz CT molecular complexity index is 251. The average molecular weight is 282 g/mol. The van der Waals surface area contributed by atoms with Crippen LogP contribution >= 0.6 is 0 Å². The molecule has 2 fully saturated rings. The van der Waals surface area contributed by atoms with Crippen molar-refractivity contribution in [1.29, 1.82) is 0 Å². The number of hydrogen-bond donors (Lipinski definition) is 1. The maximum atomic E-state index is 9.05. The highest BCUT2D eigenvalue weighted by atomic mass is 16.3. The molecule has 3 heteroatoms. The molecule has 1 N–H and O–H groups in total. The minimum atomic E-state index is 0.369. The Balaban J connectivity index is 1.70. The lowest BCUT2D eigenvalue weighted by molar-refractivity contribution is -0.0767. The molecule has 3 nitrogen and oxygen atoms in total. The molecule has 2 saturated heterocycles. The summed E-state index contributed by atoms with van der Waals surface area (Å²) in [6, 6.07) is 0. The van der Waals surface area contributed by atoms with Gasteiger partial charge < -0.3 is 5.11 Å². The summed E-state index contributed by atoms with van der Waals surface area (Å²) in [6.07, 6.45) is 12.0. The predicted molar refractivity (Wildman–Crippen MR) is 84.4 cm³/mol. The Morgan fingerprint density at radius 2 is 1.70 bits per heavy atom. The van der Waals surface area contributed by atoms with Gasteiger partial charge in [0.1, 0.15) is 0 Å². The van der Waals surface area contributed by atoms with E-state index in [0.717, 1.165) is 18.3 Å². The monoisotopic (exact) mass is 282 g/mol. The second-order valence-corrected chi connectivity index (χ2v) is 6.83. The lowest BCUT2D eigenvalue weighted by Crippen LogP contribution is -2.51. The van der Waals surface area contributed by atoms with Crippen LogP contribution < -0.4 is 0 Å². The van der Waals surface area contributed by atoms with E-state index in [-0.39, 0.29) is 0 Å². The highest BCUT2D eigenvalue weighted by Crippen LogP contribution is 2.26. The van der Waals surface area contributed by atoms with Crippen LogP contribution in [0, 0.1) is 11.8 Å². The van der Waals surface area contributed by atoms with E-state index >= 15 is 0 Å². The molecule has 0 aromatic carbocycles. The smallest absolute Gasteiger partial charge is 0.0433 e. The van der Waals surface area contributed by atoms with Crippen LogP contribution in [0.15, 0.2) is 0 Å². The van der Waals surface area contributed by atoms with Crippen molar-refractivity contribution in [3.8, 4) is 0 Å².